The molecule has 0 saturated carbocycles. The van der Waals surface area contributed by atoms with Crippen LogP contribution in [-0.4, -0.2) is 23.5 Å². The first-order chi connectivity index (χ1) is 15.0. The predicted molar refractivity (Wildman–Crippen MR) is 121 cm³/mol. The summed E-state index contributed by atoms with van der Waals surface area (Å²) in [5.41, 5.74) is 3.73. The number of fused-ring (bicyclic) bond motifs is 1. The molecular formula is C24H20N2O4S. The first-order valence-corrected chi connectivity index (χ1v) is 10.8. The molecule has 0 saturated heterocycles. The van der Waals surface area contributed by atoms with Gasteiger partial charge in [-0.05, 0) is 55.0 Å². The van der Waals surface area contributed by atoms with Gasteiger partial charge in [0.15, 0.2) is 0 Å². The molecule has 3 aromatic rings. The van der Waals surface area contributed by atoms with E-state index in [0.29, 0.717) is 34.1 Å². The number of hydrogen-bond acceptors (Lipinski definition) is 5. The largest absolute Gasteiger partial charge is 0.457 e. The van der Waals surface area contributed by atoms with E-state index in [-0.39, 0.29) is 5.91 Å². The highest BCUT2D eigenvalue weighted by Crippen LogP contribution is 2.27. The Labute approximate surface area is 184 Å². The summed E-state index contributed by atoms with van der Waals surface area (Å²) in [5.74, 6) is 1.26. The van der Waals surface area contributed by atoms with Gasteiger partial charge in [0.1, 0.15) is 11.5 Å². The van der Waals surface area contributed by atoms with Crippen molar-refractivity contribution in [3.8, 4) is 11.5 Å². The van der Waals surface area contributed by atoms with Gasteiger partial charge in [-0.3, -0.25) is 19.7 Å². The zero-order valence-electron chi connectivity index (χ0n) is 16.8. The van der Waals surface area contributed by atoms with E-state index in [1.54, 1.807) is 48.2 Å². The number of carbonyl (C=O) groups is 3. The van der Waals surface area contributed by atoms with E-state index in [0.717, 1.165) is 5.75 Å². The maximum Gasteiger partial charge on any atom is 0.259 e. The third kappa shape index (κ3) is 5.13. The summed E-state index contributed by atoms with van der Waals surface area (Å²) in [6, 6.07) is 20.0. The Morgan fingerprint density at radius 1 is 0.935 bits per heavy atom. The maximum atomic E-state index is 12.2. The van der Waals surface area contributed by atoms with Crippen LogP contribution in [0.15, 0.2) is 66.7 Å². The summed E-state index contributed by atoms with van der Waals surface area (Å²) >= 11 is 1.56. The average molecular weight is 433 g/mol. The number of amides is 3. The number of hydrogen-bond donors (Lipinski definition) is 2. The van der Waals surface area contributed by atoms with E-state index in [2.05, 4.69) is 35.8 Å². The Balaban J connectivity index is 1.29. The molecule has 31 heavy (non-hydrogen) atoms. The summed E-state index contributed by atoms with van der Waals surface area (Å²) in [6.45, 7) is 2.05. The number of thioether (sulfide) groups is 1. The molecule has 7 heteroatoms. The van der Waals surface area contributed by atoms with Gasteiger partial charge in [-0.2, -0.15) is 0 Å². The molecule has 0 bridgehead atoms. The Morgan fingerprint density at radius 3 is 2.45 bits per heavy atom. The van der Waals surface area contributed by atoms with Crippen molar-refractivity contribution < 1.29 is 19.1 Å². The van der Waals surface area contributed by atoms with Crippen molar-refractivity contribution in [1.82, 2.24) is 5.32 Å². The fourth-order valence-electron chi connectivity index (χ4n) is 3.21. The van der Waals surface area contributed by atoms with Crippen LogP contribution in [0.1, 0.15) is 31.8 Å². The van der Waals surface area contributed by atoms with Gasteiger partial charge in [-0.15, -0.1) is 11.8 Å². The summed E-state index contributed by atoms with van der Waals surface area (Å²) in [4.78, 5) is 35.6. The van der Waals surface area contributed by atoms with Crippen LogP contribution in [0.25, 0.3) is 0 Å². The van der Waals surface area contributed by atoms with E-state index in [1.807, 2.05) is 6.07 Å². The lowest BCUT2D eigenvalue weighted by Gasteiger charge is -2.09. The van der Waals surface area contributed by atoms with Crippen LogP contribution in [-0.2, 0) is 10.5 Å². The molecule has 2 N–H and O–H groups in total. The van der Waals surface area contributed by atoms with E-state index >= 15 is 0 Å². The molecule has 0 atom stereocenters. The van der Waals surface area contributed by atoms with Crippen molar-refractivity contribution in [2.75, 3.05) is 11.1 Å². The fourth-order valence-corrected chi connectivity index (χ4v) is 3.99. The Morgan fingerprint density at radius 2 is 1.68 bits per heavy atom. The lowest BCUT2D eigenvalue weighted by molar-refractivity contribution is -0.113. The molecule has 1 aliphatic heterocycles. The van der Waals surface area contributed by atoms with E-state index in [1.165, 1.54) is 17.2 Å². The molecule has 0 spiro atoms. The third-order valence-electron chi connectivity index (χ3n) is 4.67. The van der Waals surface area contributed by atoms with Crippen LogP contribution < -0.4 is 15.4 Å². The summed E-state index contributed by atoms with van der Waals surface area (Å²) in [5, 5.41) is 5.12. The van der Waals surface area contributed by atoms with Gasteiger partial charge in [0.2, 0.25) is 5.91 Å². The van der Waals surface area contributed by atoms with Crippen LogP contribution in [0.4, 0.5) is 5.69 Å². The van der Waals surface area contributed by atoms with Crippen LogP contribution in [0.5, 0.6) is 11.5 Å². The number of ether oxygens (including phenoxy) is 1. The van der Waals surface area contributed by atoms with Gasteiger partial charge in [0, 0.05) is 11.4 Å². The lowest BCUT2D eigenvalue weighted by Crippen LogP contribution is -2.19. The minimum atomic E-state index is -0.427. The van der Waals surface area contributed by atoms with Crippen molar-refractivity contribution in [3.63, 3.8) is 0 Å². The molecule has 0 fully saturated rings. The summed E-state index contributed by atoms with van der Waals surface area (Å²) in [7, 11) is 0. The number of carbonyl (C=O) groups excluding carboxylic acids is 3. The van der Waals surface area contributed by atoms with Crippen LogP contribution in [0.2, 0.25) is 0 Å². The van der Waals surface area contributed by atoms with Crippen molar-refractivity contribution in [2.45, 2.75) is 12.7 Å². The predicted octanol–water partition coefficient (Wildman–Crippen LogP) is 4.54. The van der Waals surface area contributed by atoms with Crippen molar-refractivity contribution in [1.29, 1.82) is 0 Å². The molecule has 6 nitrogen and oxygen atoms in total. The minimum Gasteiger partial charge on any atom is -0.457 e. The molecule has 156 valence electrons. The zero-order chi connectivity index (χ0) is 21.8. The first-order valence-electron chi connectivity index (χ1n) is 9.69. The highest BCUT2D eigenvalue weighted by Gasteiger charge is 2.26. The zero-order valence-corrected chi connectivity index (χ0v) is 17.6. The number of aryl methyl sites for hydroxylation is 1. The third-order valence-corrected chi connectivity index (χ3v) is 5.67. The molecule has 0 aliphatic carbocycles. The summed E-state index contributed by atoms with van der Waals surface area (Å²) < 4.78 is 5.76. The summed E-state index contributed by atoms with van der Waals surface area (Å²) in [6.07, 6.45) is 0. The molecule has 3 amide bonds. The van der Waals surface area contributed by atoms with Gasteiger partial charge in [-0.25, -0.2) is 0 Å². The highest BCUT2D eigenvalue weighted by atomic mass is 32.2. The number of rotatable bonds is 7. The average Bonchev–Trinajstić information content (AvgIpc) is 3.03. The Bertz CT molecular complexity index is 1160. The van der Waals surface area contributed by atoms with Gasteiger partial charge in [0.25, 0.3) is 11.8 Å². The highest BCUT2D eigenvalue weighted by molar-refractivity contribution is 7.99. The molecule has 0 aromatic heterocycles. The maximum absolute atomic E-state index is 12.2. The van der Waals surface area contributed by atoms with E-state index in [9.17, 15) is 14.4 Å². The first kappa shape index (κ1) is 20.7. The molecule has 3 aromatic carbocycles. The molecular weight excluding hydrogens is 412 g/mol. The smallest absolute Gasteiger partial charge is 0.259 e. The van der Waals surface area contributed by atoms with Crippen molar-refractivity contribution >= 4 is 35.2 Å². The topological polar surface area (TPSA) is 84.5 Å². The van der Waals surface area contributed by atoms with Crippen LogP contribution >= 0.6 is 11.8 Å². The van der Waals surface area contributed by atoms with Gasteiger partial charge in [-0.1, -0.05) is 29.8 Å². The second kappa shape index (κ2) is 9.06. The number of nitrogens with one attached hydrogen (secondary N) is 2. The van der Waals surface area contributed by atoms with Gasteiger partial charge in [0.05, 0.1) is 16.9 Å². The molecule has 1 aliphatic rings. The van der Waals surface area contributed by atoms with Crippen LogP contribution in [0.3, 0.4) is 0 Å². The number of anilines is 1. The molecule has 4 rings (SSSR count). The van der Waals surface area contributed by atoms with Gasteiger partial charge >= 0.3 is 0 Å². The fraction of sp³-hybridized carbons (Fsp3) is 0.125. The van der Waals surface area contributed by atoms with Crippen LogP contribution in [0, 0.1) is 6.92 Å². The van der Waals surface area contributed by atoms with Crippen molar-refractivity contribution in [2.24, 2.45) is 0 Å². The van der Waals surface area contributed by atoms with Gasteiger partial charge < -0.3 is 10.1 Å². The second-order valence-corrected chi connectivity index (χ2v) is 8.13. The number of benzene rings is 3. The van der Waals surface area contributed by atoms with E-state index < -0.39 is 11.8 Å². The quantitative estimate of drug-likeness (QED) is 0.536. The lowest BCUT2D eigenvalue weighted by atomic mass is 10.1. The SMILES string of the molecule is Cc1cccc(CSCC(=O)Nc2ccc(Oc3ccc4c(c3)C(=O)NC4=O)cc2)c1. The molecule has 1 heterocycles. The minimum absolute atomic E-state index is 0.0689. The Kier molecular flexibility index (Phi) is 6.04. The normalized spacial score (nSPS) is 12.3. The van der Waals surface area contributed by atoms with E-state index in [4.69, 9.17) is 4.74 Å². The van der Waals surface area contributed by atoms with Crippen molar-refractivity contribution in [3.05, 3.63) is 89.0 Å². The monoisotopic (exact) mass is 432 g/mol. The molecule has 0 unspecified atom stereocenters. The standard InChI is InChI=1S/C24H20N2O4S/c1-15-3-2-4-16(11-15)13-31-14-22(27)25-17-5-7-18(8-6-17)30-19-9-10-20-21(12-19)24(29)26-23(20)28/h2-12H,13-14H2,1H3,(H,25,27)(H,26,28,29). The second-order valence-electron chi connectivity index (χ2n) is 7.15. The molecule has 0 radical (unpaired) electrons. The Hall–Kier alpha value is -3.58. The number of imide groups is 1.